The first-order chi connectivity index (χ1) is 17.9. The third kappa shape index (κ3) is 6.95. The predicted octanol–water partition coefficient (Wildman–Crippen LogP) is 7.51. The number of halogens is 4. The highest BCUT2D eigenvalue weighted by atomic mass is 35.5. The van der Waals surface area contributed by atoms with Crippen molar-refractivity contribution in [2.45, 2.75) is 57.9 Å². The molecule has 0 aliphatic carbocycles. The van der Waals surface area contributed by atoms with Crippen LogP contribution in [0.2, 0.25) is 5.28 Å². The standard InChI is InChI=1S/C28H29ClF3N3O3/c1-27(2,3)38-26(36)35-15-12-20(13-16-35)19-9-7-18(8-10-19)17-37-24-21(23-11-14-33-25(29)34-23)5-4-6-22(24)28(30,31)32/h4-11,14,20H,12-13,15-17H2,1-3H3. The third-order valence-electron chi connectivity index (χ3n) is 6.20. The van der Waals surface area contributed by atoms with Gasteiger partial charge in [0.1, 0.15) is 18.0 Å². The number of rotatable bonds is 5. The molecule has 0 radical (unpaired) electrons. The number of likely N-dealkylation sites (tertiary alicyclic amines) is 1. The first-order valence-electron chi connectivity index (χ1n) is 12.3. The average molecular weight is 548 g/mol. The number of carbonyl (C=O) groups excluding carboxylic acids is 1. The van der Waals surface area contributed by atoms with Crippen LogP contribution in [0, 0.1) is 0 Å². The highest BCUT2D eigenvalue weighted by Crippen LogP contribution is 2.42. The Kier molecular flexibility index (Phi) is 8.16. The Morgan fingerprint density at radius 3 is 2.34 bits per heavy atom. The highest BCUT2D eigenvalue weighted by molar-refractivity contribution is 6.28. The van der Waals surface area contributed by atoms with Crippen LogP contribution < -0.4 is 4.74 Å². The SMILES string of the molecule is CC(C)(C)OC(=O)N1CCC(c2ccc(COc3c(-c4ccnc(Cl)n4)cccc3C(F)(F)F)cc2)CC1. The summed E-state index contributed by atoms with van der Waals surface area (Å²) in [5.41, 5.74) is 0.831. The first kappa shape index (κ1) is 27.7. The number of ether oxygens (including phenoxy) is 2. The maximum atomic E-state index is 13.8. The fourth-order valence-electron chi connectivity index (χ4n) is 4.37. The Morgan fingerprint density at radius 2 is 1.74 bits per heavy atom. The van der Waals surface area contributed by atoms with E-state index in [0.29, 0.717) is 13.1 Å². The molecule has 0 bridgehead atoms. The number of piperidine rings is 1. The number of para-hydroxylation sites is 1. The van der Waals surface area contributed by atoms with Crippen LogP contribution in [0.1, 0.15) is 56.2 Å². The van der Waals surface area contributed by atoms with Crippen LogP contribution in [0.15, 0.2) is 54.7 Å². The molecule has 3 aromatic rings. The van der Waals surface area contributed by atoms with Gasteiger partial charge >= 0.3 is 12.3 Å². The van der Waals surface area contributed by atoms with Gasteiger partial charge in [0.15, 0.2) is 0 Å². The lowest BCUT2D eigenvalue weighted by atomic mass is 9.89. The number of amides is 1. The molecule has 38 heavy (non-hydrogen) atoms. The number of hydrogen-bond acceptors (Lipinski definition) is 5. The van der Waals surface area contributed by atoms with E-state index in [0.717, 1.165) is 30.0 Å². The lowest BCUT2D eigenvalue weighted by molar-refractivity contribution is -0.139. The van der Waals surface area contributed by atoms with Gasteiger partial charge in [-0.3, -0.25) is 0 Å². The van der Waals surface area contributed by atoms with Gasteiger partial charge < -0.3 is 14.4 Å². The van der Waals surface area contributed by atoms with E-state index >= 15 is 0 Å². The van der Waals surface area contributed by atoms with E-state index < -0.39 is 17.3 Å². The summed E-state index contributed by atoms with van der Waals surface area (Å²) in [4.78, 5) is 21.9. The van der Waals surface area contributed by atoms with E-state index in [2.05, 4.69) is 9.97 Å². The minimum atomic E-state index is -4.61. The summed E-state index contributed by atoms with van der Waals surface area (Å²) < 4.78 is 52.6. The maximum absolute atomic E-state index is 13.8. The summed E-state index contributed by atoms with van der Waals surface area (Å²) in [6.45, 7) is 6.69. The van der Waals surface area contributed by atoms with Crippen molar-refractivity contribution in [3.63, 3.8) is 0 Å². The van der Waals surface area contributed by atoms with E-state index in [9.17, 15) is 18.0 Å². The molecule has 6 nitrogen and oxygen atoms in total. The minimum absolute atomic E-state index is 0.0592. The minimum Gasteiger partial charge on any atom is -0.488 e. The molecule has 1 aliphatic heterocycles. The van der Waals surface area contributed by atoms with E-state index in [1.807, 2.05) is 45.0 Å². The van der Waals surface area contributed by atoms with Crippen molar-refractivity contribution >= 4 is 17.7 Å². The molecule has 0 saturated carbocycles. The summed E-state index contributed by atoms with van der Waals surface area (Å²) in [6, 6.07) is 12.9. The highest BCUT2D eigenvalue weighted by Gasteiger charge is 2.36. The van der Waals surface area contributed by atoms with E-state index in [1.165, 1.54) is 24.4 Å². The molecule has 1 aliphatic rings. The largest absolute Gasteiger partial charge is 0.488 e. The summed E-state index contributed by atoms with van der Waals surface area (Å²) in [5.74, 6) is -0.0305. The molecule has 0 atom stereocenters. The van der Waals surface area contributed by atoms with Crippen LogP contribution in [0.4, 0.5) is 18.0 Å². The van der Waals surface area contributed by atoms with Crippen molar-refractivity contribution in [3.05, 3.63) is 76.7 Å². The molecule has 202 valence electrons. The molecule has 2 heterocycles. The van der Waals surface area contributed by atoms with Gasteiger partial charge in [0.2, 0.25) is 5.28 Å². The molecule has 1 fully saturated rings. The van der Waals surface area contributed by atoms with Crippen LogP contribution in [-0.2, 0) is 17.5 Å². The molecular weight excluding hydrogens is 519 g/mol. The van der Waals surface area contributed by atoms with Gasteiger partial charge in [-0.15, -0.1) is 0 Å². The topological polar surface area (TPSA) is 64.5 Å². The molecule has 0 spiro atoms. The lowest BCUT2D eigenvalue weighted by Crippen LogP contribution is -2.41. The van der Waals surface area contributed by atoms with Gasteiger partial charge in [-0.2, -0.15) is 13.2 Å². The van der Waals surface area contributed by atoms with Gasteiger partial charge in [0.05, 0.1) is 11.3 Å². The van der Waals surface area contributed by atoms with Gasteiger partial charge in [-0.25, -0.2) is 14.8 Å². The number of aromatic nitrogens is 2. The zero-order valence-electron chi connectivity index (χ0n) is 21.4. The number of carbonyl (C=O) groups is 1. The second kappa shape index (κ2) is 11.2. The fourth-order valence-corrected chi connectivity index (χ4v) is 4.51. The Hall–Kier alpha value is -3.33. The van der Waals surface area contributed by atoms with Crippen molar-refractivity contribution < 1.29 is 27.4 Å². The van der Waals surface area contributed by atoms with Crippen LogP contribution in [0.5, 0.6) is 5.75 Å². The van der Waals surface area contributed by atoms with Gasteiger partial charge in [-0.1, -0.05) is 30.3 Å². The van der Waals surface area contributed by atoms with E-state index in [1.54, 1.807) is 4.90 Å². The van der Waals surface area contributed by atoms with Crippen LogP contribution in [0.3, 0.4) is 0 Å². The molecular formula is C28H29ClF3N3O3. The smallest absolute Gasteiger partial charge is 0.419 e. The van der Waals surface area contributed by atoms with Crippen molar-refractivity contribution in [1.29, 1.82) is 0 Å². The molecule has 2 aromatic carbocycles. The Bertz CT molecular complexity index is 1270. The fraction of sp³-hybridized carbons (Fsp3) is 0.393. The Labute approximate surface area is 224 Å². The third-order valence-corrected chi connectivity index (χ3v) is 6.39. The molecule has 0 unspecified atom stereocenters. The van der Waals surface area contributed by atoms with Crippen LogP contribution in [-0.4, -0.2) is 39.7 Å². The Morgan fingerprint density at radius 1 is 1.05 bits per heavy atom. The summed E-state index contributed by atoms with van der Waals surface area (Å²) in [6.07, 6.45) is -1.92. The van der Waals surface area contributed by atoms with Crippen LogP contribution >= 0.6 is 11.6 Å². The van der Waals surface area contributed by atoms with Crippen molar-refractivity contribution in [1.82, 2.24) is 14.9 Å². The molecule has 1 aromatic heterocycles. The summed E-state index contributed by atoms with van der Waals surface area (Å²) >= 11 is 5.87. The number of nitrogens with zero attached hydrogens (tertiary/aromatic N) is 3. The monoisotopic (exact) mass is 547 g/mol. The number of alkyl halides is 3. The molecule has 10 heteroatoms. The number of hydrogen-bond donors (Lipinski definition) is 0. The zero-order chi connectivity index (χ0) is 27.5. The molecule has 1 saturated heterocycles. The van der Waals surface area contributed by atoms with E-state index in [-0.39, 0.29) is 40.9 Å². The van der Waals surface area contributed by atoms with Crippen molar-refractivity contribution in [2.75, 3.05) is 13.1 Å². The second-order valence-corrected chi connectivity index (χ2v) is 10.5. The van der Waals surface area contributed by atoms with Crippen molar-refractivity contribution in [2.24, 2.45) is 0 Å². The van der Waals surface area contributed by atoms with E-state index in [4.69, 9.17) is 21.1 Å². The normalized spacial score (nSPS) is 14.9. The average Bonchev–Trinajstić information content (AvgIpc) is 2.86. The lowest BCUT2D eigenvalue weighted by Gasteiger charge is -2.33. The van der Waals surface area contributed by atoms with Crippen LogP contribution in [0.25, 0.3) is 11.3 Å². The number of benzene rings is 2. The molecule has 0 N–H and O–H groups in total. The maximum Gasteiger partial charge on any atom is 0.419 e. The second-order valence-electron chi connectivity index (χ2n) is 10.2. The van der Waals surface area contributed by atoms with Gasteiger partial charge in [-0.05, 0) is 80.5 Å². The molecule has 4 rings (SSSR count). The van der Waals surface area contributed by atoms with Gasteiger partial charge in [0, 0.05) is 24.8 Å². The van der Waals surface area contributed by atoms with Gasteiger partial charge in [0.25, 0.3) is 0 Å². The summed E-state index contributed by atoms with van der Waals surface area (Å²) in [7, 11) is 0. The first-order valence-corrected chi connectivity index (χ1v) is 12.7. The zero-order valence-corrected chi connectivity index (χ0v) is 22.1. The Balaban J connectivity index is 1.44. The van der Waals surface area contributed by atoms with Crippen molar-refractivity contribution in [3.8, 4) is 17.0 Å². The predicted molar refractivity (Wildman–Crippen MR) is 138 cm³/mol. The summed E-state index contributed by atoms with van der Waals surface area (Å²) in [5, 5.41) is -0.0709. The molecule has 1 amide bonds. The quantitative estimate of drug-likeness (QED) is 0.309.